The van der Waals surface area contributed by atoms with Gasteiger partial charge in [0, 0.05) is 43.0 Å². The number of aromatic nitrogens is 4. The molecule has 1 N–H and O–H groups in total. The molecular formula is C25H26BrClN6O2S. The lowest BCUT2D eigenvalue weighted by Crippen LogP contribution is -2.41. The molecule has 1 aliphatic rings. The largest absolute Gasteiger partial charge is 0.370 e. The zero-order chi connectivity index (χ0) is 25.4. The Morgan fingerprint density at radius 3 is 2.75 bits per heavy atom. The molecule has 0 amide bonds. The van der Waals surface area contributed by atoms with Gasteiger partial charge in [-0.15, -0.1) is 0 Å². The quantitative estimate of drug-likeness (QED) is 0.305. The number of nitrogens with zero attached hydrogens (tertiary/aromatic N) is 5. The molecule has 0 bridgehead atoms. The van der Waals surface area contributed by atoms with Gasteiger partial charge in [0.25, 0.3) is 0 Å². The van der Waals surface area contributed by atoms with Crippen LogP contribution in [-0.2, 0) is 10.0 Å². The Bertz CT molecular complexity index is 1540. The van der Waals surface area contributed by atoms with Crippen molar-refractivity contribution in [2.45, 2.75) is 31.6 Å². The Labute approximate surface area is 223 Å². The summed E-state index contributed by atoms with van der Waals surface area (Å²) in [6.45, 7) is 5.58. The van der Waals surface area contributed by atoms with E-state index in [4.69, 9.17) is 16.6 Å². The van der Waals surface area contributed by atoms with Gasteiger partial charge in [0.05, 0.1) is 16.4 Å². The van der Waals surface area contributed by atoms with Crippen molar-refractivity contribution in [2.24, 2.45) is 5.92 Å². The minimum Gasteiger partial charge on any atom is -0.370 e. The third kappa shape index (κ3) is 4.87. The minimum atomic E-state index is -3.67. The molecule has 3 aromatic heterocycles. The number of fused-ring (bicyclic) bond motifs is 1. The number of piperidine rings is 1. The number of nitrogens with one attached hydrogen (secondary N) is 1. The number of pyridine rings is 1. The Kier molecular flexibility index (Phi) is 7.04. The SMILES string of the molecule is Cc1ccccc1-c1cc(NCC2CCCN(S(=O)(=O)c3cnc(Cl)c(Br)c3)C2)n2ncc(C)c2n1. The van der Waals surface area contributed by atoms with Gasteiger partial charge < -0.3 is 5.32 Å². The molecule has 4 aromatic rings. The monoisotopic (exact) mass is 588 g/mol. The third-order valence-corrected chi connectivity index (χ3v) is 9.50. The highest BCUT2D eigenvalue weighted by molar-refractivity contribution is 9.10. The molecule has 36 heavy (non-hydrogen) atoms. The van der Waals surface area contributed by atoms with Crippen molar-refractivity contribution in [3.63, 3.8) is 0 Å². The summed E-state index contributed by atoms with van der Waals surface area (Å²) in [7, 11) is -3.67. The second-order valence-electron chi connectivity index (χ2n) is 9.10. The average molecular weight is 590 g/mol. The Morgan fingerprint density at radius 1 is 1.17 bits per heavy atom. The van der Waals surface area contributed by atoms with E-state index in [1.165, 1.54) is 12.3 Å². The van der Waals surface area contributed by atoms with Gasteiger partial charge in [-0.05, 0) is 60.2 Å². The molecule has 0 radical (unpaired) electrons. The number of aryl methyl sites for hydroxylation is 2. The molecule has 4 heterocycles. The lowest BCUT2D eigenvalue weighted by atomic mass is 10.00. The molecule has 5 rings (SSSR count). The topological polar surface area (TPSA) is 92.5 Å². The van der Waals surface area contributed by atoms with Crippen LogP contribution in [0, 0.1) is 19.8 Å². The van der Waals surface area contributed by atoms with Crippen LogP contribution in [0.3, 0.4) is 0 Å². The number of rotatable bonds is 6. The van der Waals surface area contributed by atoms with Crippen molar-refractivity contribution in [3.8, 4) is 11.3 Å². The van der Waals surface area contributed by atoms with E-state index < -0.39 is 10.0 Å². The molecule has 0 saturated carbocycles. The number of hydrogen-bond acceptors (Lipinski definition) is 6. The van der Waals surface area contributed by atoms with Crippen LogP contribution in [0.2, 0.25) is 5.15 Å². The summed E-state index contributed by atoms with van der Waals surface area (Å²) in [6.07, 6.45) is 4.83. The highest BCUT2D eigenvalue weighted by Crippen LogP contribution is 2.29. The highest BCUT2D eigenvalue weighted by atomic mass is 79.9. The maximum Gasteiger partial charge on any atom is 0.244 e. The number of hydrogen-bond donors (Lipinski definition) is 1. The van der Waals surface area contributed by atoms with Crippen molar-refractivity contribution < 1.29 is 8.42 Å². The third-order valence-electron chi connectivity index (χ3n) is 6.53. The predicted molar refractivity (Wildman–Crippen MR) is 145 cm³/mol. The van der Waals surface area contributed by atoms with Crippen molar-refractivity contribution in [3.05, 3.63) is 69.5 Å². The van der Waals surface area contributed by atoms with E-state index >= 15 is 0 Å². The lowest BCUT2D eigenvalue weighted by molar-refractivity contribution is 0.275. The van der Waals surface area contributed by atoms with Crippen molar-refractivity contribution in [2.75, 3.05) is 25.0 Å². The van der Waals surface area contributed by atoms with Gasteiger partial charge >= 0.3 is 0 Å². The Morgan fingerprint density at radius 2 is 1.97 bits per heavy atom. The van der Waals surface area contributed by atoms with Crippen LogP contribution in [0.5, 0.6) is 0 Å². The fourth-order valence-electron chi connectivity index (χ4n) is 4.55. The zero-order valence-electron chi connectivity index (χ0n) is 19.9. The molecule has 1 fully saturated rings. The van der Waals surface area contributed by atoms with Crippen LogP contribution >= 0.6 is 27.5 Å². The lowest BCUT2D eigenvalue weighted by Gasteiger charge is -2.32. The summed E-state index contributed by atoms with van der Waals surface area (Å²) in [5, 5.41) is 8.28. The Balaban J connectivity index is 1.37. The zero-order valence-corrected chi connectivity index (χ0v) is 23.1. The van der Waals surface area contributed by atoms with Crippen molar-refractivity contribution >= 4 is 49.0 Å². The van der Waals surface area contributed by atoms with Gasteiger partial charge in [0.1, 0.15) is 15.9 Å². The summed E-state index contributed by atoms with van der Waals surface area (Å²) in [6, 6.07) is 11.7. The summed E-state index contributed by atoms with van der Waals surface area (Å²) in [5.74, 6) is 0.969. The van der Waals surface area contributed by atoms with Crippen molar-refractivity contribution in [1.82, 2.24) is 23.9 Å². The van der Waals surface area contributed by atoms with E-state index in [9.17, 15) is 8.42 Å². The van der Waals surface area contributed by atoms with Crippen LogP contribution in [0.25, 0.3) is 16.9 Å². The van der Waals surface area contributed by atoms with Crippen molar-refractivity contribution in [1.29, 1.82) is 0 Å². The molecule has 1 aliphatic heterocycles. The van der Waals surface area contributed by atoms with Gasteiger partial charge in [-0.25, -0.2) is 18.4 Å². The molecule has 1 saturated heterocycles. The van der Waals surface area contributed by atoms with E-state index in [-0.39, 0.29) is 16.0 Å². The van der Waals surface area contributed by atoms with Gasteiger partial charge in [0.2, 0.25) is 10.0 Å². The maximum absolute atomic E-state index is 13.3. The highest BCUT2D eigenvalue weighted by Gasteiger charge is 2.31. The molecule has 1 aromatic carbocycles. The van der Waals surface area contributed by atoms with E-state index in [1.807, 2.05) is 35.8 Å². The first-order valence-corrected chi connectivity index (χ1v) is 14.3. The van der Waals surface area contributed by atoms with Gasteiger partial charge in [-0.3, -0.25) is 0 Å². The first-order chi connectivity index (χ1) is 17.2. The van der Waals surface area contributed by atoms with Crippen LogP contribution in [-0.4, -0.2) is 51.9 Å². The molecule has 0 spiro atoms. The molecule has 1 unspecified atom stereocenters. The first-order valence-electron chi connectivity index (χ1n) is 11.7. The van der Waals surface area contributed by atoms with Crippen LogP contribution in [0.4, 0.5) is 5.82 Å². The Hall–Kier alpha value is -2.53. The molecule has 8 nitrogen and oxygen atoms in total. The van der Waals surface area contributed by atoms with Gasteiger partial charge in [0.15, 0.2) is 5.65 Å². The fourth-order valence-corrected chi connectivity index (χ4v) is 6.68. The second-order valence-corrected chi connectivity index (χ2v) is 12.3. The van der Waals surface area contributed by atoms with Crippen LogP contribution in [0.1, 0.15) is 24.0 Å². The number of benzene rings is 1. The summed E-state index contributed by atoms with van der Waals surface area (Å²) >= 11 is 9.23. The van der Waals surface area contributed by atoms with E-state index in [0.29, 0.717) is 24.1 Å². The number of sulfonamides is 1. The van der Waals surface area contributed by atoms with E-state index in [2.05, 4.69) is 50.4 Å². The molecular weight excluding hydrogens is 564 g/mol. The number of anilines is 1. The molecule has 188 valence electrons. The number of halogens is 2. The first kappa shape index (κ1) is 25.1. The summed E-state index contributed by atoms with van der Waals surface area (Å²) < 4.78 is 30.3. The molecule has 11 heteroatoms. The molecule has 1 atom stereocenters. The van der Waals surface area contributed by atoms with Gasteiger partial charge in [-0.2, -0.15) is 13.9 Å². The van der Waals surface area contributed by atoms with Gasteiger partial charge in [-0.1, -0.05) is 35.9 Å². The van der Waals surface area contributed by atoms with Crippen LogP contribution < -0.4 is 5.32 Å². The smallest absolute Gasteiger partial charge is 0.244 e. The minimum absolute atomic E-state index is 0.137. The predicted octanol–water partition coefficient (Wildman–Crippen LogP) is 5.34. The normalized spacial score (nSPS) is 16.9. The maximum atomic E-state index is 13.3. The van der Waals surface area contributed by atoms with E-state index in [0.717, 1.165) is 46.7 Å². The fraction of sp³-hybridized carbons (Fsp3) is 0.320. The average Bonchev–Trinajstić information content (AvgIpc) is 3.25. The standard InChI is InChI=1S/C25H26BrClN6O2S/c1-16-6-3-4-8-20(16)22-11-23(33-25(31-22)17(2)12-30-33)28-13-18-7-5-9-32(15-18)36(34,35)19-10-21(26)24(27)29-14-19/h3-4,6,8,10-12,14,18,28H,5,7,9,13,15H2,1-2H3. The summed E-state index contributed by atoms with van der Waals surface area (Å²) in [5.41, 5.74) is 4.88. The molecule has 0 aliphatic carbocycles. The summed E-state index contributed by atoms with van der Waals surface area (Å²) in [4.78, 5) is 8.99. The van der Waals surface area contributed by atoms with Crippen LogP contribution in [0.15, 0.2) is 58.2 Å². The second kappa shape index (κ2) is 10.1. The van der Waals surface area contributed by atoms with E-state index in [1.54, 1.807) is 4.31 Å².